The number of hydrogen-bond donors (Lipinski definition) is 6. The van der Waals surface area contributed by atoms with Crippen molar-refractivity contribution >= 4 is 51.3 Å². The topological polar surface area (TPSA) is 196 Å². The maximum Gasteiger partial charge on any atom is 0.322 e. The van der Waals surface area contributed by atoms with E-state index in [4.69, 9.17) is 5.11 Å². The normalized spacial score (nSPS) is 11.4. The monoisotopic (exact) mass is 663 g/mol. The molecular weight excluding hydrogens is 630 g/mol. The van der Waals surface area contributed by atoms with Gasteiger partial charge in [-0.2, -0.15) is 0 Å². The van der Waals surface area contributed by atoms with E-state index in [1.54, 1.807) is 36.4 Å². The number of carbonyl (C=O) groups is 5. The van der Waals surface area contributed by atoms with Crippen molar-refractivity contribution in [2.45, 2.75) is 19.0 Å². The van der Waals surface area contributed by atoms with Gasteiger partial charge in [0, 0.05) is 31.0 Å². The van der Waals surface area contributed by atoms with Crippen LogP contribution < -0.4 is 26.8 Å². The first-order valence-corrected chi connectivity index (χ1v) is 15.2. The maximum atomic E-state index is 13.3. The Morgan fingerprint density at radius 3 is 2.18 bits per heavy atom. The Morgan fingerprint density at radius 2 is 1.45 bits per heavy atom. The number of aryl methyl sites for hydroxylation is 1. The predicted octanol–water partition coefficient (Wildman–Crippen LogP) is 1.99. The molecule has 0 aliphatic rings. The standard InChI is InChI=1S/C36H33N5O8/c1-41-28-14-12-22(16-26(28)32(45)31(36(41)49)35(48)39-20-30(43)44)18-37-29(42)19-38-34(47)27(40-33(46)24-8-3-2-4-9-24)17-21-11-13-23-7-5-6-10-25(23)15-21/h2-16,27,45H,17-20H2,1H3,(H,37,42)(H,38,47)(H,39,48)(H,40,46)(H,43,44)/t27-/m0/s1. The number of aliphatic carboxylic acids is 1. The summed E-state index contributed by atoms with van der Waals surface area (Å²) in [4.78, 5) is 75.2. The highest BCUT2D eigenvalue weighted by atomic mass is 16.4. The molecule has 5 aromatic rings. The van der Waals surface area contributed by atoms with Gasteiger partial charge in [-0.1, -0.05) is 66.7 Å². The summed E-state index contributed by atoms with van der Waals surface area (Å²) in [6.45, 7) is -1.17. The molecule has 1 atom stereocenters. The summed E-state index contributed by atoms with van der Waals surface area (Å²) in [5, 5.41) is 31.9. The highest BCUT2D eigenvalue weighted by Crippen LogP contribution is 2.27. The number of nitrogens with one attached hydrogen (secondary N) is 4. The van der Waals surface area contributed by atoms with Crippen LogP contribution in [0.2, 0.25) is 0 Å². The third kappa shape index (κ3) is 8.08. The van der Waals surface area contributed by atoms with Crippen LogP contribution in [0.1, 0.15) is 31.8 Å². The summed E-state index contributed by atoms with van der Waals surface area (Å²) < 4.78 is 1.15. The molecule has 49 heavy (non-hydrogen) atoms. The number of aromatic hydroxyl groups is 1. The average Bonchev–Trinajstić information content (AvgIpc) is 3.11. The van der Waals surface area contributed by atoms with E-state index in [1.807, 2.05) is 42.5 Å². The zero-order chi connectivity index (χ0) is 35.1. The van der Waals surface area contributed by atoms with Gasteiger partial charge in [0.05, 0.1) is 12.1 Å². The van der Waals surface area contributed by atoms with E-state index in [0.717, 1.165) is 20.9 Å². The predicted molar refractivity (Wildman–Crippen MR) is 181 cm³/mol. The first-order valence-electron chi connectivity index (χ1n) is 15.2. The Labute approximate surface area is 279 Å². The van der Waals surface area contributed by atoms with Gasteiger partial charge in [-0.15, -0.1) is 0 Å². The highest BCUT2D eigenvalue weighted by molar-refractivity contribution is 6.03. The molecule has 1 aromatic heterocycles. The molecule has 0 spiro atoms. The highest BCUT2D eigenvalue weighted by Gasteiger charge is 2.24. The first kappa shape index (κ1) is 33.9. The van der Waals surface area contributed by atoms with E-state index in [9.17, 15) is 33.9 Å². The minimum absolute atomic E-state index is 0.0290. The maximum absolute atomic E-state index is 13.3. The lowest BCUT2D eigenvalue weighted by Crippen LogP contribution is -2.50. The summed E-state index contributed by atoms with van der Waals surface area (Å²) >= 11 is 0. The minimum Gasteiger partial charge on any atom is -0.506 e. The van der Waals surface area contributed by atoms with Crippen molar-refractivity contribution in [3.63, 3.8) is 0 Å². The zero-order valence-corrected chi connectivity index (χ0v) is 26.4. The molecule has 13 nitrogen and oxygen atoms in total. The van der Waals surface area contributed by atoms with E-state index >= 15 is 0 Å². The molecule has 5 rings (SSSR count). The van der Waals surface area contributed by atoms with Crippen LogP contribution in [0.25, 0.3) is 21.7 Å². The van der Waals surface area contributed by atoms with Crippen LogP contribution in [0.5, 0.6) is 5.75 Å². The molecule has 250 valence electrons. The molecule has 4 amide bonds. The van der Waals surface area contributed by atoms with Crippen LogP contribution in [0.3, 0.4) is 0 Å². The Hall–Kier alpha value is -6.50. The SMILES string of the molecule is Cn1c(=O)c(C(=O)NCC(=O)O)c(O)c2cc(CNC(=O)CNC(=O)[C@H](Cc3ccc4ccccc4c3)NC(=O)c3ccccc3)ccc21. The van der Waals surface area contributed by atoms with Crippen LogP contribution in [-0.2, 0) is 34.4 Å². The molecule has 0 saturated heterocycles. The number of aromatic nitrogens is 1. The fourth-order valence-electron chi connectivity index (χ4n) is 5.33. The average molecular weight is 664 g/mol. The first-order chi connectivity index (χ1) is 23.5. The number of fused-ring (bicyclic) bond motifs is 2. The van der Waals surface area contributed by atoms with E-state index in [1.165, 1.54) is 19.2 Å². The van der Waals surface area contributed by atoms with E-state index in [0.29, 0.717) is 16.6 Å². The number of carboxylic acids is 1. The molecule has 0 radical (unpaired) electrons. The van der Waals surface area contributed by atoms with Gasteiger partial charge in [0.15, 0.2) is 0 Å². The molecule has 0 unspecified atom stereocenters. The smallest absolute Gasteiger partial charge is 0.322 e. The number of carbonyl (C=O) groups excluding carboxylic acids is 4. The number of benzene rings is 4. The lowest BCUT2D eigenvalue weighted by molar-refractivity contribution is -0.135. The fraction of sp³-hybridized carbons (Fsp3) is 0.167. The molecule has 0 bridgehead atoms. The number of amides is 4. The number of carboxylic acid groups (broad SMARTS) is 1. The summed E-state index contributed by atoms with van der Waals surface area (Å²) in [6.07, 6.45) is 0.177. The van der Waals surface area contributed by atoms with Crippen molar-refractivity contribution in [3.05, 3.63) is 124 Å². The zero-order valence-electron chi connectivity index (χ0n) is 26.4. The number of rotatable bonds is 12. The second-order valence-electron chi connectivity index (χ2n) is 11.3. The fourth-order valence-corrected chi connectivity index (χ4v) is 5.33. The summed E-state index contributed by atoms with van der Waals surface area (Å²) in [6, 6.07) is 25.7. The van der Waals surface area contributed by atoms with Gasteiger partial charge in [0.25, 0.3) is 17.4 Å². The molecule has 0 aliphatic carbocycles. The van der Waals surface area contributed by atoms with Gasteiger partial charge in [0.2, 0.25) is 11.8 Å². The molecule has 13 heteroatoms. The van der Waals surface area contributed by atoms with E-state index < -0.39 is 65.6 Å². The third-order valence-electron chi connectivity index (χ3n) is 7.88. The van der Waals surface area contributed by atoms with Crippen LogP contribution in [0.4, 0.5) is 0 Å². The summed E-state index contributed by atoms with van der Waals surface area (Å²) in [5.41, 5.74) is 0.570. The Bertz CT molecular complexity index is 2150. The molecule has 0 saturated carbocycles. The van der Waals surface area contributed by atoms with Gasteiger partial charge < -0.3 is 36.0 Å². The molecule has 4 aromatic carbocycles. The van der Waals surface area contributed by atoms with Crippen molar-refractivity contribution in [1.82, 2.24) is 25.8 Å². The molecular formula is C36H33N5O8. The van der Waals surface area contributed by atoms with Crippen molar-refractivity contribution in [1.29, 1.82) is 0 Å². The van der Waals surface area contributed by atoms with E-state index in [-0.39, 0.29) is 18.4 Å². The van der Waals surface area contributed by atoms with Crippen LogP contribution in [-0.4, -0.2) is 63.5 Å². The number of pyridine rings is 1. The molecule has 0 aliphatic heterocycles. The van der Waals surface area contributed by atoms with Gasteiger partial charge in [-0.3, -0.25) is 28.8 Å². The van der Waals surface area contributed by atoms with Gasteiger partial charge >= 0.3 is 5.97 Å². The lowest BCUT2D eigenvalue weighted by atomic mass is 10.0. The number of hydrogen-bond acceptors (Lipinski definition) is 7. The molecule has 1 heterocycles. The lowest BCUT2D eigenvalue weighted by Gasteiger charge is -2.19. The Balaban J connectivity index is 1.26. The van der Waals surface area contributed by atoms with Crippen molar-refractivity contribution in [2.75, 3.05) is 13.1 Å². The molecule has 0 fully saturated rings. The number of nitrogens with zero attached hydrogens (tertiary/aromatic N) is 1. The van der Waals surface area contributed by atoms with Gasteiger partial charge in [-0.05, 0) is 46.2 Å². The third-order valence-corrected chi connectivity index (χ3v) is 7.88. The van der Waals surface area contributed by atoms with Gasteiger partial charge in [0.1, 0.15) is 23.9 Å². The van der Waals surface area contributed by atoms with Crippen molar-refractivity contribution < 1.29 is 34.2 Å². The summed E-state index contributed by atoms with van der Waals surface area (Å²) in [5.74, 6) is -4.53. The van der Waals surface area contributed by atoms with Gasteiger partial charge in [-0.25, -0.2) is 0 Å². The van der Waals surface area contributed by atoms with Crippen LogP contribution in [0, 0.1) is 0 Å². The largest absolute Gasteiger partial charge is 0.506 e. The second-order valence-corrected chi connectivity index (χ2v) is 11.3. The van der Waals surface area contributed by atoms with Crippen LogP contribution >= 0.6 is 0 Å². The summed E-state index contributed by atoms with van der Waals surface area (Å²) in [7, 11) is 1.40. The van der Waals surface area contributed by atoms with Crippen molar-refractivity contribution in [2.24, 2.45) is 7.05 Å². The van der Waals surface area contributed by atoms with E-state index in [2.05, 4.69) is 21.3 Å². The quantitative estimate of drug-likeness (QED) is 0.117. The molecule has 6 N–H and O–H groups in total. The second kappa shape index (κ2) is 14.9. The van der Waals surface area contributed by atoms with Crippen molar-refractivity contribution in [3.8, 4) is 5.75 Å². The minimum atomic E-state index is -1.32. The Morgan fingerprint density at radius 1 is 0.755 bits per heavy atom. The van der Waals surface area contributed by atoms with Crippen LogP contribution in [0.15, 0.2) is 95.8 Å². The Kier molecular flexibility index (Phi) is 10.3.